The Bertz CT molecular complexity index is 2040. The minimum atomic E-state index is -1.54. The second kappa shape index (κ2) is 27.2. The molecule has 368 valence electrons. The lowest BCUT2D eigenvalue weighted by molar-refractivity contribution is -0.144. The lowest BCUT2D eigenvalue weighted by atomic mass is 10.0. The van der Waals surface area contributed by atoms with Gasteiger partial charge in [0.25, 0.3) is 0 Å². The van der Waals surface area contributed by atoms with Crippen LogP contribution in [0.1, 0.15) is 64.0 Å². The number of aliphatic hydroxyl groups excluding tert-OH is 1. The molecule has 0 bridgehead atoms. The van der Waals surface area contributed by atoms with Crippen molar-refractivity contribution in [2.45, 2.75) is 114 Å². The third-order valence-electron chi connectivity index (χ3n) is 10.6. The largest absolute Gasteiger partial charge is 0.508 e. The van der Waals surface area contributed by atoms with Gasteiger partial charge in [0.2, 0.25) is 41.4 Å². The number of aliphatic hydroxyl groups is 1. The molecule has 8 atom stereocenters. The van der Waals surface area contributed by atoms with E-state index in [-0.39, 0.29) is 75.0 Å². The van der Waals surface area contributed by atoms with E-state index in [0.717, 1.165) is 0 Å². The number of thiol groups is 1. The van der Waals surface area contributed by atoms with Gasteiger partial charge >= 0.3 is 5.97 Å². The van der Waals surface area contributed by atoms with Crippen LogP contribution in [0.5, 0.6) is 5.75 Å². The number of pyridine rings is 1. The summed E-state index contributed by atoms with van der Waals surface area (Å²) in [5, 5.41) is 44.5. The Morgan fingerprint density at radius 3 is 2.00 bits per heavy atom. The van der Waals surface area contributed by atoms with E-state index in [1.54, 1.807) is 32.2 Å². The number of carbonyl (C=O) groups is 8. The summed E-state index contributed by atoms with van der Waals surface area (Å²) in [5.74, 6) is -7.49. The summed E-state index contributed by atoms with van der Waals surface area (Å²) in [6, 6.07) is -1.10. The fraction of sp³-hybridized carbons (Fsp3) is 0.535. The Labute approximate surface area is 393 Å². The number of nitrogens with zero attached hydrogens (tertiary/aromatic N) is 3. The van der Waals surface area contributed by atoms with E-state index in [9.17, 15) is 53.7 Å². The molecule has 0 spiro atoms. The van der Waals surface area contributed by atoms with E-state index < -0.39 is 102 Å². The van der Waals surface area contributed by atoms with E-state index >= 15 is 0 Å². The van der Waals surface area contributed by atoms with Gasteiger partial charge in [0.15, 0.2) is 5.96 Å². The molecule has 2 aromatic rings. The number of phenols is 1. The van der Waals surface area contributed by atoms with Gasteiger partial charge in [0.1, 0.15) is 48.0 Å². The Morgan fingerprint density at radius 2 is 1.40 bits per heavy atom. The highest BCUT2D eigenvalue weighted by molar-refractivity contribution is 7.80. The van der Waals surface area contributed by atoms with E-state index in [4.69, 9.17) is 17.2 Å². The molecule has 1 saturated heterocycles. The molecule has 1 aromatic carbocycles. The number of hydrogen-bond donors (Lipinski definition) is 13. The van der Waals surface area contributed by atoms with E-state index in [1.165, 1.54) is 42.3 Å². The standard InChI is InChI=1S/C43H64N12O11S/c1-23(2)17-30(36(59)50-29(8-5-15-48-43(45)46)41(64)55-16-6-9-34(55)40(63)49-24(3)42(65)66)51-39(62)33(22-67)54-37(60)31(19-25-10-12-27(57)13-11-25)52-38(61)32(21-56)53-35(58)28(44)18-26-7-4-14-47-20-26/h4,7,10-14,20,23-24,28-34,56-57,67H,5-6,8-9,15-19,21-22,44H2,1-3H3,(H,49,63)(H,50,59)(H,51,62)(H,52,61)(H,53,58)(H,54,60)(H,65,66)(H4,45,46,48)/t24-,28-,29+,30+,31+,32+,33-,34+/m1/s1. The van der Waals surface area contributed by atoms with Gasteiger partial charge in [-0.05, 0) is 80.7 Å². The summed E-state index contributed by atoms with van der Waals surface area (Å²) < 4.78 is 0. The van der Waals surface area contributed by atoms with Crippen molar-refractivity contribution >= 4 is 65.9 Å². The predicted molar refractivity (Wildman–Crippen MR) is 248 cm³/mol. The lowest BCUT2D eigenvalue weighted by Gasteiger charge is -2.31. The zero-order valence-electron chi connectivity index (χ0n) is 37.7. The van der Waals surface area contributed by atoms with Crippen molar-refractivity contribution in [3.05, 3.63) is 59.9 Å². The first kappa shape index (κ1) is 54.8. The van der Waals surface area contributed by atoms with Crippen molar-refractivity contribution in [1.82, 2.24) is 41.8 Å². The highest BCUT2D eigenvalue weighted by Crippen LogP contribution is 2.21. The third-order valence-corrected chi connectivity index (χ3v) is 11.0. The maximum absolute atomic E-state index is 14.1. The number of likely N-dealkylation sites (tertiary alicyclic amines) is 1. The number of hydrogen-bond acceptors (Lipinski definition) is 14. The normalized spacial score (nSPS) is 16.5. The molecule has 0 saturated carbocycles. The lowest BCUT2D eigenvalue weighted by Crippen LogP contribution is -2.61. The molecule has 0 aliphatic carbocycles. The number of carboxylic acid groups (broad SMARTS) is 1. The van der Waals surface area contributed by atoms with Crippen LogP contribution in [0.3, 0.4) is 0 Å². The molecule has 67 heavy (non-hydrogen) atoms. The summed E-state index contributed by atoms with van der Waals surface area (Å²) in [7, 11) is 0. The number of phenolic OH excluding ortho intramolecular Hbond substituents is 1. The topological polar surface area (TPSA) is 376 Å². The highest BCUT2D eigenvalue weighted by Gasteiger charge is 2.39. The summed E-state index contributed by atoms with van der Waals surface area (Å²) in [5.41, 5.74) is 18.1. The average molecular weight is 957 g/mol. The number of aliphatic imine (C=N–C) groups is 1. The summed E-state index contributed by atoms with van der Waals surface area (Å²) in [6.07, 6.45) is 3.96. The smallest absolute Gasteiger partial charge is 0.325 e. The van der Waals surface area contributed by atoms with Crippen LogP contribution in [0.2, 0.25) is 0 Å². The average Bonchev–Trinajstić information content (AvgIpc) is 3.78. The number of aliphatic carboxylic acids is 1. The molecular weight excluding hydrogens is 893 g/mol. The number of benzene rings is 1. The molecule has 0 radical (unpaired) electrons. The molecule has 1 fully saturated rings. The van der Waals surface area contributed by atoms with Crippen LogP contribution in [-0.2, 0) is 51.2 Å². The summed E-state index contributed by atoms with van der Waals surface area (Å²) in [4.78, 5) is 116. The number of carboxylic acids is 1. The van der Waals surface area contributed by atoms with Crippen LogP contribution in [0.25, 0.3) is 0 Å². The van der Waals surface area contributed by atoms with Crippen molar-refractivity contribution in [1.29, 1.82) is 0 Å². The van der Waals surface area contributed by atoms with E-state index in [0.29, 0.717) is 17.5 Å². The van der Waals surface area contributed by atoms with Crippen molar-refractivity contribution in [3.8, 4) is 5.75 Å². The molecule has 24 heteroatoms. The van der Waals surface area contributed by atoms with E-state index in [2.05, 4.69) is 54.5 Å². The van der Waals surface area contributed by atoms with Gasteiger partial charge in [-0.25, -0.2) is 0 Å². The van der Waals surface area contributed by atoms with E-state index in [1.807, 2.05) is 0 Å². The first-order chi connectivity index (χ1) is 31.7. The Kier molecular flexibility index (Phi) is 22.2. The van der Waals surface area contributed by atoms with Crippen LogP contribution in [0.15, 0.2) is 53.8 Å². The van der Waals surface area contributed by atoms with Gasteiger partial charge in [0, 0.05) is 37.7 Å². The minimum Gasteiger partial charge on any atom is -0.508 e. The highest BCUT2D eigenvalue weighted by atomic mass is 32.1. The number of aromatic nitrogens is 1. The summed E-state index contributed by atoms with van der Waals surface area (Å²) in [6.45, 7) is 4.26. The van der Waals surface area contributed by atoms with Crippen molar-refractivity contribution < 1.29 is 53.7 Å². The second-order valence-electron chi connectivity index (χ2n) is 16.6. The zero-order valence-corrected chi connectivity index (χ0v) is 38.6. The number of nitrogens with one attached hydrogen (secondary N) is 6. The molecular formula is C43H64N12O11S. The Balaban J connectivity index is 1.81. The number of aromatic hydroxyl groups is 1. The molecule has 1 aromatic heterocycles. The number of amides is 7. The van der Waals surface area contributed by atoms with Gasteiger partial charge in [-0.15, -0.1) is 0 Å². The fourth-order valence-corrected chi connectivity index (χ4v) is 7.29. The van der Waals surface area contributed by atoms with Crippen LogP contribution in [0.4, 0.5) is 0 Å². The number of rotatable bonds is 26. The monoisotopic (exact) mass is 956 g/mol. The minimum absolute atomic E-state index is 0.0164. The molecule has 7 amide bonds. The summed E-state index contributed by atoms with van der Waals surface area (Å²) >= 11 is 4.28. The maximum atomic E-state index is 14.1. The third kappa shape index (κ3) is 18.0. The van der Waals surface area contributed by atoms with Crippen molar-refractivity contribution in [3.63, 3.8) is 0 Å². The molecule has 2 heterocycles. The molecule has 1 aliphatic heterocycles. The van der Waals surface area contributed by atoms with Crippen LogP contribution in [-0.4, -0.2) is 152 Å². The van der Waals surface area contributed by atoms with Gasteiger partial charge in [0.05, 0.1) is 12.6 Å². The van der Waals surface area contributed by atoms with Gasteiger partial charge in [-0.1, -0.05) is 32.0 Å². The number of guanidine groups is 1. The number of carbonyl (C=O) groups excluding carboxylic acids is 7. The SMILES string of the molecule is CC(C)C[C@H](NC(=O)[C@@H](CS)NC(=O)[C@H](Cc1ccc(O)cc1)NC(=O)[C@H](CO)NC(=O)[C@H](N)Cc1cccnc1)C(=O)N[C@@H](CCCN=C(N)N)C(=O)N1CCC[C@H]1C(=O)N[C@H](C)C(=O)O. The quantitative estimate of drug-likeness (QED) is 0.0193. The van der Waals surface area contributed by atoms with Crippen molar-refractivity contribution in [2.24, 2.45) is 28.1 Å². The van der Waals surface area contributed by atoms with Gasteiger partial charge < -0.3 is 69.3 Å². The van der Waals surface area contributed by atoms with Crippen LogP contribution in [0, 0.1) is 5.92 Å². The predicted octanol–water partition coefficient (Wildman–Crippen LogP) is -3.07. The Morgan fingerprint density at radius 1 is 0.806 bits per heavy atom. The first-order valence-corrected chi connectivity index (χ1v) is 22.4. The molecule has 0 unspecified atom stereocenters. The van der Waals surface area contributed by atoms with Gasteiger partial charge in [-0.3, -0.25) is 48.3 Å². The molecule has 23 nitrogen and oxygen atoms in total. The van der Waals surface area contributed by atoms with Crippen molar-refractivity contribution in [2.75, 3.05) is 25.4 Å². The zero-order chi connectivity index (χ0) is 49.8. The van der Waals surface area contributed by atoms with Gasteiger partial charge in [-0.2, -0.15) is 12.6 Å². The Hall–Kier alpha value is -6.53. The molecule has 3 rings (SSSR count). The maximum Gasteiger partial charge on any atom is 0.325 e. The second-order valence-corrected chi connectivity index (χ2v) is 16.9. The molecule has 15 N–H and O–H groups in total. The number of nitrogens with two attached hydrogens (primary N) is 3. The molecule has 1 aliphatic rings. The fourth-order valence-electron chi connectivity index (χ4n) is 7.04. The first-order valence-electron chi connectivity index (χ1n) is 21.8. The van der Waals surface area contributed by atoms with Crippen LogP contribution < -0.4 is 49.1 Å². The van der Waals surface area contributed by atoms with Crippen LogP contribution >= 0.6 is 12.6 Å².